The Morgan fingerprint density at radius 1 is 1.08 bits per heavy atom. The maximum Gasteiger partial charge on any atom is 0.251 e. The van der Waals surface area contributed by atoms with Gasteiger partial charge in [-0.2, -0.15) is 0 Å². The number of hydrogen-bond donors (Lipinski definition) is 2. The summed E-state index contributed by atoms with van der Waals surface area (Å²) < 4.78 is 0. The number of carbonyl (C=O) groups excluding carboxylic acids is 1. The third kappa shape index (κ3) is 3.40. The zero-order valence-corrected chi connectivity index (χ0v) is 14.7. The molecule has 2 N–H and O–H groups in total. The van der Waals surface area contributed by atoms with Crippen LogP contribution in [0.2, 0.25) is 0 Å². The lowest BCUT2D eigenvalue weighted by atomic mass is 9.81. The normalized spacial score (nSPS) is 29.2. The molecule has 2 aliphatic heterocycles. The number of carbonyl (C=O) groups is 1. The van der Waals surface area contributed by atoms with Crippen molar-refractivity contribution in [3.05, 3.63) is 58.3 Å². The number of amides is 1. The van der Waals surface area contributed by atoms with E-state index in [1.807, 2.05) is 41.7 Å². The molecule has 1 aromatic carbocycles. The van der Waals surface area contributed by atoms with E-state index in [4.69, 9.17) is 0 Å². The van der Waals surface area contributed by atoms with E-state index >= 15 is 0 Å². The highest BCUT2D eigenvalue weighted by molar-refractivity contribution is 7.09. The van der Waals surface area contributed by atoms with Crippen molar-refractivity contribution in [2.24, 2.45) is 0 Å². The van der Waals surface area contributed by atoms with Crippen LogP contribution in [0.15, 0.2) is 47.8 Å². The fraction of sp³-hybridized carbons (Fsp3) is 0.450. The summed E-state index contributed by atoms with van der Waals surface area (Å²) in [5.41, 5.74) is 0.774. The molecule has 4 heteroatoms. The van der Waals surface area contributed by atoms with E-state index in [0.29, 0.717) is 18.1 Å². The third-order valence-electron chi connectivity index (χ3n) is 5.62. The van der Waals surface area contributed by atoms with Crippen LogP contribution in [0.5, 0.6) is 0 Å². The standard InChI is InChI=1S/C20H24N2OS/c23-20(15-6-2-1-3-7-15)21-16-12-17-8-4-9-18(13-16)22(17)14-19-10-5-11-24-19/h1-3,5-7,10-11,16-18H,4,8-9,12-14H2,(H,21,23)/p+1/t16?,17-,18+. The van der Waals surface area contributed by atoms with Gasteiger partial charge in [-0.05, 0) is 42.8 Å². The predicted molar refractivity (Wildman–Crippen MR) is 97.3 cm³/mol. The van der Waals surface area contributed by atoms with E-state index in [1.165, 1.54) is 24.1 Å². The van der Waals surface area contributed by atoms with Gasteiger partial charge >= 0.3 is 0 Å². The Morgan fingerprint density at radius 3 is 2.50 bits per heavy atom. The van der Waals surface area contributed by atoms with Gasteiger partial charge < -0.3 is 10.2 Å². The molecule has 24 heavy (non-hydrogen) atoms. The Hall–Kier alpha value is -1.65. The average Bonchev–Trinajstić information content (AvgIpc) is 3.09. The van der Waals surface area contributed by atoms with Crippen LogP contribution in [-0.2, 0) is 6.54 Å². The smallest absolute Gasteiger partial charge is 0.251 e. The molecule has 0 radical (unpaired) electrons. The summed E-state index contributed by atoms with van der Waals surface area (Å²) in [6.45, 7) is 1.16. The van der Waals surface area contributed by atoms with E-state index in [2.05, 4.69) is 22.8 Å². The van der Waals surface area contributed by atoms with Crippen molar-refractivity contribution < 1.29 is 9.69 Å². The number of rotatable bonds is 4. The number of piperidine rings is 2. The summed E-state index contributed by atoms with van der Waals surface area (Å²) in [5.74, 6) is 0.0837. The molecular weight excluding hydrogens is 316 g/mol. The SMILES string of the molecule is O=C(NC1C[C@H]2CCC[C@@H](C1)[NH+]2Cc1cccs1)c1ccccc1. The second-order valence-electron chi connectivity index (χ2n) is 7.16. The molecule has 2 bridgehead atoms. The first-order valence-electron chi connectivity index (χ1n) is 9.03. The van der Waals surface area contributed by atoms with Crippen molar-refractivity contribution in [1.29, 1.82) is 0 Å². The summed E-state index contributed by atoms with van der Waals surface area (Å²) in [4.78, 5) is 15.7. The Morgan fingerprint density at radius 2 is 1.83 bits per heavy atom. The molecule has 1 amide bonds. The maximum atomic E-state index is 12.5. The first kappa shape index (κ1) is 15.9. The van der Waals surface area contributed by atoms with E-state index in [9.17, 15) is 4.79 Å². The van der Waals surface area contributed by atoms with E-state index in [-0.39, 0.29) is 5.91 Å². The molecule has 0 spiro atoms. The molecule has 2 saturated heterocycles. The fourth-order valence-electron chi connectivity index (χ4n) is 4.52. The van der Waals surface area contributed by atoms with Gasteiger partial charge in [0.05, 0.1) is 17.0 Å². The molecule has 2 unspecified atom stereocenters. The van der Waals surface area contributed by atoms with Gasteiger partial charge in [0.25, 0.3) is 5.91 Å². The predicted octanol–water partition coefficient (Wildman–Crippen LogP) is 2.65. The van der Waals surface area contributed by atoms with Crippen LogP contribution >= 0.6 is 11.3 Å². The van der Waals surface area contributed by atoms with E-state index in [1.54, 1.807) is 4.90 Å². The van der Waals surface area contributed by atoms with Gasteiger partial charge in [0.1, 0.15) is 6.54 Å². The van der Waals surface area contributed by atoms with Crippen molar-refractivity contribution in [2.75, 3.05) is 0 Å². The molecule has 3 heterocycles. The van der Waals surface area contributed by atoms with Crippen molar-refractivity contribution in [2.45, 2.75) is 56.8 Å². The average molecular weight is 342 g/mol. The van der Waals surface area contributed by atoms with Crippen LogP contribution in [0.3, 0.4) is 0 Å². The maximum absolute atomic E-state index is 12.5. The highest BCUT2D eigenvalue weighted by Gasteiger charge is 2.42. The van der Waals surface area contributed by atoms with Crippen LogP contribution < -0.4 is 10.2 Å². The lowest BCUT2D eigenvalue weighted by Gasteiger charge is -2.45. The number of benzene rings is 1. The van der Waals surface area contributed by atoms with Gasteiger partial charge in [0, 0.05) is 24.4 Å². The second-order valence-corrected chi connectivity index (χ2v) is 8.20. The number of thiophene rings is 1. The minimum Gasteiger partial charge on any atom is -0.349 e. The van der Waals surface area contributed by atoms with Crippen molar-refractivity contribution >= 4 is 17.2 Å². The molecule has 126 valence electrons. The highest BCUT2D eigenvalue weighted by atomic mass is 32.1. The zero-order chi connectivity index (χ0) is 16.4. The quantitative estimate of drug-likeness (QED) is 0.881. The Kier molecular flexibility index (Phi) is 4.67. The van der Waals surface area contributed by atoms with Gasteiger partial charge in [0.2, 0.25) is 0 Å². The Balaban J connectivity index is 1.41. The number of nitrogens with one attached hydrogen (secondary N) is 2. The molecule has 3 nitrogen and oxygen atoms in total. The first-order chi connectivity index (χ1) is 11.8. The minimum atomic E-state index is 0.0837. The number of quaternary nitrogens is 1. The van der Waals surface area contributed by atoms with Crippen molar-refractivity contribution in [3.63, 3.8) is 0 Å². The molecule has 1 aromatic heterocycles. The molecule has 0 aliphatic carbocycles. The summed E-state index contributed by atoms with van der Waals surface area (Å²) in [7, 11) is 0. The molecule has 2 aliphatic rings. The molecule has 4 atom stereocenters. The van der Waals surface area contributed by atoms with Crippen molar-refractivity contribution in [3.8, 4) is 0 Å². The summed E-state index contributed by atoms with van der Waals surface area (Å²) in [6.07, 6.45) is 6.19. The Bertz CT molecular complexity index is 656. The zero-order valence-electron chi connectivity index (χ0n) is 13.9. The van der Waals surface area contributed by atoms with Crippen LogP contribution in [0.1, 0.15) is 47.3 Å². The van der Waals surface area contributed by atoms with Crippen LogP contribution in [0.4, 0.5) is 0 Å². The van der Waals surface area contributed by atoms with Gasteiger partial charge in [0.15, 0.2) is 0 Å². The number of hydrogen-bond acceptors (Lipinski definition) is 2. The summed E-state index contributed by atoms with van der Waals surface area (Å²) in [6, 6.07) is 15.7. The Labute approximate surface area is 147 Å². The molecule has 4 rings (SSSR count). The van der Waals surface area contributed by atoms with Crippen LogP contribution in [-0.4, -0.2) is 24.0 Å². The molecule has 2 fully saturated rings. The minimum absolute atomic E-state index is 0.0837. The third-order valence-corrected chi connectivity index (χ3v) is 6.50. The van der Waals surface area contributed by atoms with Crippen LogP contribution in [0, 0.1) is 0 Å². The van der Waals surface area contributed by atoms with E-state index < -0.39 is 0 Å². The van der Waals surface area contributed by atoms with Crippen molar-refractivity contribution in [1.82, 2.24) is 5.32 Å². The molecule has 0 saturated carbocycles. The lowest BCUT2D eigenvalue weighted by Crippen LogP contribution is -3.20. The molecular formula is C20H25N2OS+. The monoisotopic (exact) mass is 341 g/mol. The number of fused-ring (bicyclic) bond motifs is 2. The van der Waals surface area contributed by atoms with Crippen LogP contribution in [0.25, 0.3) is 0 Å². The lowest BCUT2D eigenvalue weighted by molar-refractivity contribution is -0.973. The topological polar surface area (TPSA) is 33.5 Å². The van der Waals surface area contributed by atoms with Gasteiger partial charge in [-0.15, -0.1) is 11.3 Å². The first-order valence-corrected chi connectivity index (χ1v) is 9.91. The van der Waals surface area contributed by atoms with E-state index in [0.717, 1.165) is 24.9 Å². The second kappa shape index (κ2) is 7.08. The summed E-state index contributed by atoms with van der Waals surface area (Å²) in [5, 5.41) is 5.47. The van der Waals surface area contributed by atoms with Gasteiger partial charge in [-0.25, -0.2) is 0 Å². The van der Waals surface area contributed by atoms with Gasteiger partial charge in [-0.1, -0.05) is 24.3 Å². The fourth-order valence-corrected chi connectivity index (χ4v) is 5.25. The highest BCUT2D eigenvalue weighted by Crippen LogP contribution is 2.23. The largest absolute Gasteiger partial charge is 0.349 e. The summed E-state index contributed by atoms with van der Waals surface area (Å²) >= 11 is 1.87. The molecule has 2 aromatic rings. The van der Waals surface area contributed by atoms with Gasteiger partial charge in [-0.3, -0.25) is 4.79 Å².